The monoisotopic (exact) mass is 370 g/mol. The summed E-state index contributed by atoms with van der Waals surface area (Å²) in [6, 6.07) is 6.65. The standard InChI is InChI=1S/C18H30N2O4S/c1-23-14-13-19-11-12-20-25(21,22)18-9-7-17(8-10-18)24-15-16-5-3-2-4-6-16/h7-10,16,19-20H,2-6,11-15H2,1H3. The highest BCUT2D eigenvalue weighted by Gasteiger charge is 2.15. The van der Waals surface area contributed by atoms with Gasteiger partial charge >= 0.3 is 0 Å². The fraction of sp³-hybridized carbons (Fsp3) is 0.667. The second kappa shape index (κ2) is 10.8. The van der Waals surface area contributed by atoms with Gasteiger partial charge < -0.3 is 14.8 Å². The number of hydrogen-bond donors (Lipinski definition) is 2. The zero-order chi connectivity index (χ0) is 18.0. The summed E-state index contributed by atoms with van der Waals surface area (Å²) in [5.74, 6) is 1.36. The Balaban J connectivity index is 1.75. The maximum atomic E-state index is 12.2. The third-order valence-corrected chi connectivity index (χ3v) is 5.90. The van der Waals surface area contributed by atoms with Crippen molar-refractivity contribution in [3.8, 4) is 5.75 Å². The first-order valence-corrected chi connectivity index (χ1v) is 10.5. The number of sulfonamides is 1. The van der Waals surface area contributed by atoms with Crippen LogP contribution >= 0.6 is 0 Å². The van der Waals surface area contributed by atoms with Crippen LogP contribution in [0, 0.1) is 5.92 Å². The number of benzene rings is 1. The lowest BCUT2D eigenvalue weighted by Gasteiger charge is -2.21. The minimum absolute atomic E-state index is 0.259. The number of methoxy groups -OCH3 is 1. The molecule has 2 N–H and O–H groups in total. The lowest BCUT2D eigenvalue weighted by atomic mass is 9.90. The summed E-state index contributed by atoms with van der Waals surface area (Å²) in [4.78, 5) is 0.259. The van der Waals surface area contributed by atoms with Crippen LogP contribution in [0.15, 0.2) is 29.2 Å². The molecular weight excluding hydrogens is 340 g/mol. The summed E-state index contributed by atoms with van der Waals surface area (Å²) in [7, 11) is -1.85. The Morgan fingerprint density at radius 1 is 1.04 bits per heavy atom. The molecule has 0 spiro atoms. The van der Waals surface area contributed by atoms with Crippen LogP contribution in [0.4, 0.5) is 0 Å². The quantitative estimate of drug-likeness (QED) is 0.584. The van der Waals surface area contributed by atoms with Gasteiger partial charge in [0.05, 0.1) is 18.1 Å². The largest absolute Gasteiger partial charge is 0.493 e. The van der Waals surface area contributed by atoms with E-state index in [9.17, 15) is 8.42 Å². The van der Waals surface area contributed by atoms with E-state index in [1.165, 1.54) is 32.1 Å². The zero-order valence-electron chi connectivity index (χ0n) is 15.0. The second-order valence-electron chi connectivity index (χ2n) is 6.43. The number of rotatable bonds is 11. The number of ether oxygens (including phenoxy) is 2. The van der Waals surface area contributed by atoms with Crippen LogP contribution in [-0.4, -0.2) is 48.4 Å². The molecule has 1 aliphatic carbocycles. The van der Waals surface area contributed by atoms with Gasteiger partial charge in [-0.15, -0.1) is 0 Å². The maximum Gasteiger partial charge on any atom is 0.240 e. The molecule has 1 aromatic carbocycles. The predicted octanol–water partition coefficient (Wildman–Crippen LogP) is 2.16. The Hall–Kier alpha value is -1.15. The Morgan fingerprint density at radius 2 is 1.76 bits per heavy atom. The lowest BCUT2D eigenvalue weighted by molar-refractivity contribution is 0.199. The molecular formula is C18H30N2O4S. The van der Waals surface area contributed by atoms with Gasteiger partial charge in [0.2, 0.25) is 10.0 Å². The summed E-state index contributed by atoms with van der Waals surface area (Å²) >= 11 is 0. The molecule has 2 rings (SSSR count). The van der Waals surface area contributed by atoms with E-state index in [1.54, 1.807) is 31.4 Å². The summed E-state index contributed by atoms with van der Waals surface area (Å²) < 4.78 is 37.8. The fourth-order valence-corrected chi connectivity index (χ4v) is 3.97. The molecule has 0 heterocycles. The van der Waals surface area contributed by atoms with E-state index in [4.69, 9.17) is 9.47 Å². The van der Waals surface area contributed by atoms with E-state index in [1.807, 2.05) is 0 Å². The van der Waals surface area contributed by atoms with Crippen molar-refractivity contribution < 1.29 is 17.9 Å². The van der Waals surface area contributed by atoms with Crippen molar-refractivity contribution in [2.24, 2.45) is 5.92 Å². The van der Waals surface area contributed by atoms with Crippen molar-refractivity contribution in [3.63, 3.8) is 0 Å². The highest BCUT2D eigenvalue weighted by atomic mass is 32.2. The third kappa shape index (κ3) is 7.32. The molecule has 0 radical (unpaired) electrons. The van der Waals surface area contributed by atoms with Crippen LogP contribution in [0.2, 0.25) is 0 Å². The van der Waals surface area contributed by atoms with E-state index < -0.39 is 10.0 Å². The van der Waals surface area contributed by atoms with Crippen LogP contribution < -0.4 is 14.8 Å². The van der Waals surface area contributed by atoms with Gasteiger partial charge in [-0.05, 0) is 43.0 Å². The van der Waals surface area contributed by atoms with E-state index in [-0.39, 0.29) is 4.90 Å². The van der Waals surface area contributed by atoms with Gasteiger partial charge in [0.15, 0.2) is 0 Å². The summed E-state index contributed by atoms with van der Waals surface area (Å²) in [6.45, 7) is 2.93. The molecule has 25 heavy (non-hydrogen) atoms. The molecule has 0 saturated heterocycles. The predicted molar refractivity (Wildman–Crippen MR) is 98.4 cm³/mol. The van der Waals surface area contributed by atoms with Gasteiger partial charge in [0.25, 0.3) is 0 Å². The summed E-state index contributed by atoms with van der Waals surface area (Å²) in [5.41, 5.74) is 0. The molecule has 1 aliphatic rings. The van der Waals surface area contributed by atoms with Crippen LogP contribution in [-0.2, 0) is 14.8 Å². The van der Waals surface area contributed by atoms with Gasteiger partial charge in [-0.25, -0.2) is 13.1 Å². The lowest BCUT2D eigenvalue weighted by Crippen LogP contribution is -2.33. The zero-order valence-corrected chi connectivity index (χ0v) is 15.8. The highest BCUT2D eigenvalue weighted by molar-refractivity contribution is 7.89. The van der Waals surface area contributed by atoms with Crippen LogP contribution in [0.25, 0.3) is 0 Å². The van der Waals surface area contributed by atoms with Crippen molar-refractivity contribution in [2.45, 2.75) is 37.0 Å². The number of nitrogens with one attached hydrogen (secondary N) is 2. The summed E-state index contributed by atoms with van der Waals surface area (Å²) in [6.07, 6.45) is 6.37. The van der Waals surface area contributed by atoms with Crippen molar-refractivity contribution in [1.82, 2.24) is 10.0 Å². The molecule has 0 atom stereocenters. The smallest absolute Gasteiger partial charge is 0.240 e. The Kier molecular flexibility index (Phi) is 8.67. The molecule has 1 aromatic rings. The Labute approximate surface area is 151 Å². The van der Waals surface area contributed by atoms with Crippen molar-refractivity contribution in [3.05, 3.63) is 24.3 Å². The van der Waals surface area contributed by atoms with Gasteiger partial charge in [-0.3, -0.25) is 0 Å². The van der Waals surface area contributed by atoms with Crippen LogP contribution in [0.1, 0.15) is 32.1 Å². The SMILES string of the molecule is COCCNCCNS(=O)(=O)c1ccc(OCC2CCCCC2)cc1. The molecule has 0 aromatic heterocycles. The first-order valence-electron chi connectivity index (χ1n) is 9.04. The molecule has 0 bridgehead atoms. The Bertz CT molecular complexity index is 584. The molecule has 142 valence electrons. The normalized spacial score (nSPS) is 16.0. The van der Waals surface area contributed by atoms with E-state index in [0.717, 1.165) is 12.4 Å². The number of hydrogen-bond acceptors (Lipinski definition) is 5. The topological polar surface area (TPSA) is 76.7 Å². The molecule has 1 saturated carbocycles. The maximum absolute atomic E-state index is 12.2. The van der Waals surface area contributed by atoms with E-state index in [0.29, 0.717) is 32.2 Å². The van der Waals surface area contributed by atoms with Crippen molar-refractivity contribution in [1.29, 1.82) is 0 Å². The van der Waals surface area contributed by atoms with Gasteiger partial charge in [-0.2, -0.15) is 0 Å². The van der Waals surface area contributed by atoms with Crippen LogP contribution in [0.5, 0.6) is 5.75 Å². The molecule has 7 heteroatoms. The Morgan fingerprint density at radius 3 is 2.44 bits per heavy atom. The molecule has 0 unspecified atom stereocenters. The molecule has 6 nitrogen and oxygen atoms in total. The van der Waals surface area contributed by atoms with Crippen LogP contribution in [0.3, 0.4) is 0 Å². The van der Waals surface area contributed by atoms with Crippen molar-refractivity contribution in [2.75, 3.05) is 40.0 Å². The summed E-state index contributed by atoms with van der Waals surface area (Å²) in [5, 5.41) is 3.10. The molecule has 0 amide bonds. The second-order valence-corrected chi connectivity index (χ2v) is 8.19. The van der Waals surface area contributed by atoms with Crippen molar-refractivity contribution >= 4 is 10.0 Å². The minimum atomic E-state index is -3.48. The fourth-order valence-electron chi connectivity index (χ4n) is 2.94. The van der Waals surface area contributed by atoms with Gasteiger partial charge in [0.1, 0.15) is 5.75 Å². The van der Waals surface area contributed by atoms with E-state index >= 15 is 0 Å². The van der Waals surface area contributed by atoms with Gasteiger partial charge in [0, 0.05) is 26.7 Å². The molecule has 0 aliphatic heterocycles. The average Bonchev–Trinajstić information content (AvgIpc) is 2.64. The minimum Gasteiger partial charge on any atom is -0.493 e. The first-order chi connectivity index (χ1) is 12.1. The first kappa shape index (κ1) is 20.2. The van der Waals surface area contributed by atoms with Gasteiger partial charge in [-0.1, -0.05) is 19.3 Å². The van der Waals surface area contributed by atoms with E-state index in [2.05, 4.69) is 10.0 Å². The highest BCUT2D eigenvalue weighted by Crippen LogP contribution is 2.25. The third-order valence-electron chi connectivity index (χ3n) is 4.42. The molecule has 1 fully saturated rings. The average molecular weight is 371 g/mol.